The van der Waals surface area contributed by atoms with E-state index in [1.807, 2.05) is 24.3 Å². The van der Waals surface area contributed by atoms with E-state index in [9.17, 15) is 10.1 Å². The molecule has 0 atom stereocenters. The van der Waals surface area contributed by atoms with Gasteiger partial charge in [-0.15, -0.1) is 0 Å². The molecule has 1 aromatic heterocycles. The lowest BCUT2D eigenvalue weighted by Gasteiger charge is -1.99. The SMILES string of the molecule is C=Cc1ccc(Cn2cc(C)c([N+](=O)[O-])n2)cc1. The second-order valence-electron chi connectivity index (χ2n) is 4.04. The van der Waals surface area contributed by atoms with Crippen LogP contribution >= 0.6 is 0 Å². The molecule has 0 bridgehead atoms. The Labute approximate surface area is 105 Å². The Hall–Kier alpha value is -2.43. The fourth-order valence-electron chi connectivity index (χ4n) is 1.72. The van der Waals surface area contributed by atoms with E-state index in [2.05, 4.69) is 11.7 Å². The van der Waals surface area contributed by atoms with E-state index >= 15 is 0 Å². The first kappa shape index (κ1) is 12.0. The Morgan fingerprint density at radius 2 is 2.11 bits per heavy atom. The Kier molecular flexibility index (Phi) is 3.23. The molecule has 5 nitrogen and oxygen atoms in total. The molecule has 0 spiro atoms. The van der Waals surface area contributed by atoms with Crippen LogP contribution in [0.1, 0.15) is 16.7 Å². The van der Waals surface area contributed by atoms with Gasteiger partial charge < -0.3 is 10.1 Å². The lowest BCUT2D eigenvalue weighted by atomic mass is 10.1. The fraction of sp³-hybridized carbons (Fsp3) is 0.154. The third-order valence-corrected chi connectivity index (χ3v) is 2.65. The van der Waals surface area contributed by atoms with Crippen LogP contribution in [0.5, 0.6) is 0 Å². The van der Waals surface area contributed by atoms with Crippen LogP contribution in [0, 0.1) is 17.0 Å². The van der Waals surface area contributed by atoms with Crippen molar-refractivity contribution in [3.05, 3.63) is 63.8 Å². The molecule has 1 heterocycles. The molecule has 0 fully saturated rings. The summed E-state index contributed by atoms with van der Waals surface area (Å²) in [5.74, 6) is -0.0855. The van der Waals surface area contributed by atoms with Gasteiger partial charge in [0.15, 0.2) is 0 Å². The fourth-order valence-corrected chi connectivity index (χ4v) is 1.72. The van der Waals surface area contributed by atoms with E-state index in [0.717, 1.165) is 11.1 Å². The summed E-state index contributed by atoms with van der Waals surface area (Å²) in [5.41, 5.74) is 2.65. The van der Waals surface area contributed by atoms with Crippen molar-refractivity contribution in [2.45, 2.75) is 13.5 Å². The van der Waals surface area contributed by atoms with Gasteiger partial charge in [0.05, 0.1) is 23.4 Å². The largest absolute Gasteiger partial charge is 0.392 e. The summed E-state index contributed by atoms with van der Waals surface area (Å²) < 4.78 is 1.58. The molecule has 0 N–H and O–H groups in total. The van der Waals surface area contributed by atoms with Crippen molar-refractivity contribution in [3.63, 3.8) is 0 Å². The number of aromatic nitrogens is 2. The minimum atomic E-state index is -0.466. The summed E-state index contributed by atoms with van der Waals surface area (Å²) in [5, 5.41) is 14.6. The minimum absolute atomic E-state index is 0.0855. The zero-order valence-electron chi connectivity index (χ0n) is 10.0. The van der Waals surface area contributed by atoms with Gasteiger partial charge >= 0.3 is 5.82 Å². The van der Waals surface area contributed by atoms with Crippen LogP contribution in [0.4, 0.5) is 5.82 Å². The highest BCUT2D eigenvalue weighted by Crippen LogP contribution is 2.15. The van der Waals surface area contributed by atoms with Gasteiger partial charge in [-0.3, -0.25) is 0 Å². The van der Waals surface area contributed by atoms with E-state index in [1.165, 1.54) is 0 Å². The lowest BCUT2D eigenvalue weighted by Crippen LogP contribution is -2.01. The Morgan fingerprint density at radius 3 is 2.61 bits per heavy atom. The van der Waals surface area contributed by atoms with Crippen LogP contribution in [0.15, 0.2) is 37.0 Å². The molecule has 2 rings (SSSR count). The maximum Gasteiger partial charge on any atom is 0.392 e. The zero-order chi connectivity index (χ0) is 13.1. The lowest BCUT2D eigenvalue weighted by molar-refractivity contribution is -0.390. The number of aryl methyl sites for hydroxylation is 1. The Balaban J connectivity index is 2.20. The number of benzene rings is 1. The monoisotopic (exact) mass is 243 g/mol. The molecular formula is C13H13N3O2. The van der Waals surface area contributed by atoms with E-state index in [4.69, 9.17) is 0 Å². The average Bonchev–Trinajstić information content (AvgIpc) is 2.71. The standard InChI is InChI=1S/C13H13N3O2/c1-3-11-4-6-12(7-5-11)9-15-8-10(2)13(14-15)16(17)18/h3-8H,1,9H2,2H3. The molecule has 0 saturated heterocycles. The van der Waals surface area contributed by atoms with Crippen LogP contribution in [-0.4, -0.2) is 14.7 Å². The molecule has 0 amide bonds. The first-order valence-electron chi connectivity index (χ1n) is 5.50. The topological polar surface area (TPSA) is 61.0 Å². The molecule has 18 heavy (non-hydrogen) atoms. The molecule has 2 aromatic rings. The number of hydrogen-bond acceptors (Lipinski definition) is 3. The van der Waals surface area contributed by atoms with E-state index < -0.39 is 4.92 Å². The molecule has 0 aliphatic heterocycles. The second-order valence-corrected chi connectivity index (χ2v) is 4.04. The zero-order valence-corrected chi connectivity index (χ0v) is 10.0. The van der Waals surface area contributed by atoms with Gasteiger partial charge in [0.1, 0.15) is 0 Å². The third-order valence-electron chi connectivity index (χ3n) is 2.65. The highest BCUT2D eigenvalue weighted by atomic mass is 16.6. The van der Waals surface area contributed by atoms with Crippen LogP contribution in [0.3, 0.4) is 0 Å². The second kappa shape index (κ2) is 4.83. The van der Waals surface area contributed by atoms with Crippen molar-refractivity contribution in [1.82, 2.24) is 9.78 Å². The van der Waals surface area contributed by atoms with E-state index in [0.29, 0.717) is 12.1 Å². The van der Waals surface area contributed by atoms with Crippen molar-refractivity contribution >= 4 is 11.9 Å². The molecular weight excluding hydrogens is 230 g/mol. The summed E-state index contributed by atoms with van der Waals surface area (Å²) in [6.07, 6.45) is 3.45. The highest BCUT2D eigenvalue weighted by Gasteiger charge is 2.16. The predicted octanol–water partition coefficient (Wildman–Crippen LogP) is 2.79. The maximum atomic E-state index is 10.7. The van der Waals surface area contributed by atoms with Gasteiger partial charge in [0, 0.05) is 0 Å². The maximum absolute atomic E-state index is 10.7. The van der Waals surface area contributed by atoms with E-state index in [1.54, 1.807) is 23.9 Å². The van der Waals surface area contributed by atoms with E-state index in [-0.39, 0.29) is 5.82 Å². The molecule has 0 radical (unpaired) electrons. The smallest absolute Gasteiger partial charge is 0.358 e. The summed E-state index contributed by atoms with van der Waals surface area (Å²) in [6.45, 7) is 5.89. The third kappa shape index (κ3) is 2.45. The van der Waals surface area contributed by atoms with Gasteiger partial charge in [-0.05, 0) is 23.0 Å². The van der Waals surface area contributed by atoms with Crippen LogP contribution < -0.4 is 0 Å². The first-order valence-corrected chi connectivity index (χ1v) is 5.50. The van der Waals surface area contributed by atoms with Crippen molar-refractivity contribution in [3.8, 4) is 0 Å². The van der Waals surface area contributed by atoms with Crippen molar-refractivity contribution in [2.75, 3.05) is 0 Å². The highest BCUT2D eigenvalue weighted by molar-refractivity contribution is 5.47. The molecule has 0 aliphatic rings. The van der Waals surface area contributed by atoms with Gasteiger partial charge in [0.2, 0.25) is 0 Å². The number of nitrogens with zero attached hydrogens (tertiary/aromatic N) is 3. The summed E-state index contributed by atoms with van der Waals surface area (Å²) in [4.78, 5) is 10.2. The van der Waals surface area contributed by atoms with Crippen molar-refractivity contribution in [2.24, 2.45) is 0 Å². The van der Waals surface area contributed by atoms with Crippen LogP contribution in [0.2, 0.25) is 0 Å². The number of rotatable bonds is 4. The first-order chi connectivity index (χ1) is 8.60. The van der Waals surface area contributed by atoms with Crippen molar-refractivity contribution in [1.29, 1.82) is 0 Å². The minimum Gasteiger partial charge on any atom is -0.358 e. The summed E-state index contributed by atoms with van der Waals surface area (Å²) >= 11 is 0. The molecule has 0 unspecified atom stereocenters. The molecule has 1 aromatic carbocycles. The average molecular weight is 243 g/mol. The Morgan fingerprint density at radius 1 is 1.44 bits per heavy atom. The van der Waals surface area contributed by atoms with Crippen molar-refractivity contribution < 1.29 is 4.92 Å². The number of nitro groups is 1. The Bertz CT molecular complexity index is 585. The van der Waals surface area contributed by atoms with Crippen LogP contribution in [-0.2, 0) is 6.54 Å². The van der Waals surface area contributed by atoms with Gasteiger partial charge in [-0.25, -0.2) is 0 Å². The molecule has 0 aliphatic carbocycles. The molecule has 92 valence electrons. The summed E-state index contributed by atoms with van der Waals surface area (Å²) in [6, 6.07) is 7.82. The van der Waals surface area contributed by atoms with Gasteiger partial charge in [0.25, 0.3) is 0 Å². The quantitative estimate of drug-likeness (QED) is 0.612. The van der Waals surface area contributed by atoms with Crippen LogP contribution in [0.25, 0.3) is 6.08 Å². The molecule has 0 saturated carbocycles. The molecule has 5 heteroatoms. The normalized spacial score (nSPS) is 10.3. The van der Waals surface area contributed by atoms with Gasteiger partial charge in [-0.1, -0.05) is 36.9 Å². The predicted molar refractivity (Wildman–Crippen MR) is 69.3 cm³/mol. The summed E-state index contributed by atoms with van der Waals surface area (Å²) in [7, 11) is 0. The van der Waals surface area contributed by atoms with Gasteiger partial charge in [-0.2, -0.15) is 4.68 Å². The number of hydrogen-bond donors (Lipinski definition) is 0.